The first-order chi connectivity index (χ1) is 13.4. The van der Waals surface area contributed by atoms with Gasteiger partial charge in [-0.1, -0.05) is 36.0 Å². The molecular formula is C20H24N2O4S2. The van der Waals surface area contributed by atoms with Gasteiger partial charge in [0.1, 0.15) is 0 Å². The van der Waals surface area contributed by atoms with Crippen molar-refractivity contribution in [3.05, 3.63) is 46.5 Å². The Hall–Kier alpha value is -2.19. The quantitative estimate of drug-likeness (QED) is 0.361. The average molecular weight is 421 g/mol. The number of benzene rings is 1. The standard InChI is InChI=1S/C20H24N2O4S2/c1-4-26-18(24)11-17-12-27-20(22-17)28-13(2)19(25)16-7-5-15(6-8-16)9-10-21-14(3)23/h5-8,12-13H,4,9-11H2,1-3H3,(H,21,23). The molecule has 0 aliphatic heterocycles. The molecule has 0 saturated carbocycles. The minimum absolute atomic E-state index is 0.0283. The van der Waals surface area contributed by atoms with Crippen LogP contribution in [-0.2, 0) is 27.2 Å². The van der Waals surface area contributed by atoms with E-state index >= 15 is 0 Å². The maximum absolute atomic E-state index is 12.7. The molecule has 2 rings (SSSR count). The number of nitrogens with zero attached hydrogens (tertiary/aromatic N) is 1. The third-order valence-corrected chi connectivity index (χ3v) is 5.96. The van der Waals surface area contributed by atoms with Crippen molar-refractivity contribution >= 4 is 40.8 Å². The zero-order valence-electron chi connectivity index (χ0n) is 16.2. The van der Waals surface area contributed by atoms with Crippen LogP contribution in [0.2, 0.25) is 0 Å². The summed E-state index contributed by atoms with van der Waals surface area (Å²) >= 11 is 2.81. The molecule has 0 saturated heterocycles. The molecule has 28 heavy (non-hydrogen) atoms. The minimum atomic E-state index is -0.299. The van der Waals surface area contributed by atoms with Gasteiger partial charge in [0.2, 0.25) is 5.91 Å². The number of carbonyl (C=O) groups excluding carboxylic acids is 3. The highest BCUT2D eigenvalue weighted by Crippen LogP contribution is 2.29. The Balaban J connectivity index is 1.89. The van der Waals surface area contributed by atoms with Gasteiger partial charge in [-0.05, 0) is 25.8 Å². The van der Waals surface area contributed by atoms with Crippen LogP contribution in [0.25, 0.3) is 0 Å². The molecule has 1 N–H and O–H groups in total. The fourth-order valence-corrected chi connectivity index (χ4v) is 4.50. The summed E-state index contributed by atoms with van der Waals surface area (Å²) < 4.78 is 5.68. The molecule has 0 spiro atoms. The number of ketones is 1. The molecule has 0 fully saturated rings. The second-order valence-corrected chi connectivity index (χ2v) is 8.59. The van der Waals surface area contributed by atoms with Gasteiger partial charge in [-0.3, -0.25) is 14.4 Å². The van der Waals surface area contributed by atoms with Crippen molar-refractivity contribution in [1.29, 1.82) is 0 Å². The number of amides is 1. The first-order valence-corrected chi connectivity index (χ1v) is 10.8. The van der Waals surface area contributed by atoms with E-state index in [0.717, 1.165) is 16.3 Å². The third kappa shape index (κ3) is 7.09. The number of ether oxygens (including phenoxy) is 1. The summed E-state index contributed by atoms with van der Waals surface area (Å²) in [5.74, 6) is -0.321. The van der Waals surface area contributed by atoms with Gasteiger partial charge in [0.05, 0.1) is 24.0 Å². The number of thioether (sulfide) groups is 1. The largest absolute Gasteiger partial charge is 0.466 e. The Morgan fingerprint density at radius 3 is 2.61 bits per heavy atom. The highest BCUT2D eigenvalue weighted by molar-refractivity contribution is 8.02. The number of nitrogens with one attached hydrogen (secondary N) is 1. The predicted octanol–water partition coefficient (Wildman–Crippen LogP) is 3.29. The number of hydrogen-bond acceptors (Lipinski definition) is 7. The molecule has 0 bridgehead atoms. The molecule has 2 aromatic rings. The van der Waals surface area contributed by atoms with Gasteiger partial charge >= 0.3 is 5.97 Å². The van der Waals surface area contributed by atoms with Crippen LogP contribution in [0.15, 0.2) is 34.0 Å². The van der Waals surface area contributed by atoms with Crippen LogP contribution in [0.5, 0.6) is 0 Å². The van der Waals surface area contributed by atoms with E-state index in [4.69, 9.17) is 4.74 Å². The van der Waals surface area contributed by atoms with E-state index < -0.39 is 0 Å². The molecule has 0 aliphatic carbocycles. The molecule has 0 radical (unpaired) electrons. The van der Waals surface area contributed by atoms with Gasteiger partial charge in [0, 0.05) is 24.4 Å². The molecule has 0 aliphatic rings. The molecule has 1 amide bonds. The van der Waals surface area contributed by atoms with Gasteiger partial charge < -0.3 is 10.1 Å². The summed E-state index contributed by atoms with van der Waals surface area (Å²) in [6.07, 6.45) is 0.869. The first kappa shape index (κ1) is 22.1. The Labute approximate surface area is 173 Å². The van der Waals surface area contributed by atoms with E-state index in [1.54, 1.807) is 6.92 Å². The van der Waals surface area contributed by atoms with Crippen LogP contribution in [0.1, 0.15) is 42.4 Å². The summed E-state index contributed by atoms with van der Waals surface area (Å²) in [4.78, 5) is 39.5. The van der Waals surface area contributed by atoms with Crippen LogP contribution in [0.4, 0.5) is 0 Å². The Morgan fingerprint density at radius 2 is 1.96 bits per heavy atom. The summed E-state index contributed by atoms with van der Waals surface area (Å²) in [5.41, 5.74) is 2.37. The van der Waals surface area contributed by atoms with Gasteiger partial charge in [0.25, 0.3) is 0 Å². The lowest BCUT2D eigenvalue weighted by Crippen LogP contribution is -2.22. The SMILES string of the molecule is CCOC(=O)Cc1csc(SC(C)C(=O)c2ccc(CCNC(C)=O)cc2)n1. The number of Topliss-reactive ketones (excluding diaryl/α,β-unsaturated/α-hetero) is 1. The summed E-state index contributed by atoms with van der Waals surface area (Å²) in [7, 11) is 0. The van der Waals surface area contributed by atoms with Crippen molar-refractivity contribution in [3.8, 4) is 0 Å². The van der Waals surface area contributed by atoms with Crippen molar-refractivity contribution in [2.75, 3.05) is 13.2 Å². The van der Waals surface area contributed by atoms with E-state index in [2.05, 4.69) is 10.3 Å². The normalized spacial score (nSPS) is 11.7. The van der Waals surface area contributed by atoms with Gasteiger partial charge in [-0.2, -0.15) is 0 Å². The molecule has 1 atom stereocenters. The lowest BCUT2D eigenvalue weighted by Gasteiger charge is -2.09. The Bertz CT molecular complexity index is 818. The molecule has 8 heteroatoms. The fourth-order valence-electron chi connectivity index (χ4n) is 2.44. The molecule has 1 unspecified atom stereocenters. The first-order valence-electron chi connectivity index (χ1n) is 9.03. The molecule has 150 valence electrons. The summed E-state index contributed by atoms with van der Waals surface area (Å²) in [5, 5.41) is 4.29. The van der Waals surface area contributed by atoms with Crippen molar-refractivity contribution in [3.63, 3.8) is 0 Å². The lowest BCUT2D eigenvalue weighted by atomic mass is 10.0. The minimum Gasteiger partial charge on any atom is -0.466 e. The topological polar surface area (TPSA) is 85.4 Å². The highest BCUT2D eigenvalue weighted by atomic mass is 32.2. The van der Waals surface area contributed by atoms with Gasteiger partial charge in [0.15, 0.2) is 10.1 Å². The Morgan fingerprint density at radius 1 is 1.25 bits per heavy atom. The van der Waals surface area contributed by atoms with E-state index in [9.17, 15) is 14.4 Å². The zero-order chi connectivity index (χ0) is 20.5. The molecule has 1 aromatic heterocycles. The number of aromatic nitrogens is 1. The van der Waals surface area contributed by atoms with Crippen molar-refractivity contribution < 1.29 is 19.1 Å². The number of carbonyl (C=O) groups is 3. The number of esters is 1. The second kappa shape index (κ2) is 11.0. The van der Waals surface area contributed by atoms with E-state index in [-0.39, 0.29) is 29.3 Å². The summed E-state index contributed by atoms with van der Waals surface area (Å²) in [6.45, 7) is 6.03. The molecular weight excluding hydrogens is 396 g/mol. The Kier molecular flexibility index (Phi) is 8.66. The van der Waals surface area contributed by atoms with Crippen LogP contribution < -0.4 is 5.32 Å². The number of hydrogen-bond donors (Lipinski definition) is 1. The summed E-state index contributed by atoms with van der Waals surface area (Å²) in [6, 6.07) is 7.45. The third-order valence-electron chi connectivity index (χ3n) is 3.83. The van der Waals surface area contributed by atoms with Crippen LogP contribution in [0.3, 0.4) is 0 Å². The maximum Gasteiger partial charge on any atom is 0.311 e. The smallest absolute Gasteiger partial charge is 0.311 e. The predicted molar refractivity (Wildman–Crippen MR) is 111 cm³/mol. The average Bonchev–Trinajstić information content (AvgIpc) is 3.08. The fraction of sp³-hybridized carbons (Fsp3) is 0.400. The van der Waals surface area contributed by atoms with Crippen molar-refractivity contribution in [1.82, 2.24) is 10.3 Å². The lowest BCUT2D eigenvalue weighted by molar-refractivity contribution is -0.142. The van der Waals surface area contributed by atoms with Crippen molar-refractivity contribution in [2.45, 2.75) is 43.2 Å². The van der Waals surface area contributed by atoms with Gasteiger partial charge in [-0.25, -0.2) is 4.98 Å². The van der Waals surface area contributed by atoms with E-state index in [1.807, 2.05) is 36.6 Å². The van der Waals surface area contributed by atoms with Gasteiger partial charge in [-0.15, -0.1) is 11.3 Å². The highest BCUT2D eigenvalue weighted by Gasteiger charge is 2.19. The monoisotopic (exact) mass is 420 g/mol. The van der Waals surface area contributed by atoms with Crippen molar-refractivity contribution in [2.24, 2.45) is 0 Å². The maximum atomic E-state index is 12.7. The van der Waals surface area contributed by atoms with Crippen LogP contribution >= 0.6 is 23.1 Å². The number of rotatable bonds is 10. The van der Waals surface area contributed by atoms with E-state index in [1.165, 1.54) is 30.0 Å². The van der Waals surface area contributed by atoms with Crippen LogP contribution in [-0.4, -0.2) is 41.0 Å². The number of thiazole rings is 1. The van der Waals surface area contributed by atoms with Crippen LogP contribution in [0, 0.1) is 0 Å². The zero-order valence-corrected chi connectivity index (χ0v) is 17.8. The molecule has 1 heterocycles. The molecule has 1 aromatic carbocycles. The van der Waals surface area contributed by atoms with E-state index in [0.29, 0.717) is 24.4 Å². The second-order valence-electron chi connectivity index (χ2n) is 6.14. The molecule has 6 nitrogen and oxygen atoms in total.